The van der Waals surface area contributed by atoms with Crippen LogP contribution in [0.25, 0.3) is 0 Å². The third-order valence-electron chi connectivity index (χ3n) is 10.1. The van der Waals surface area contributed by atoms with E-state index in [9.17, 15) is 19.2 Å². The van der Waals surface area contributed by atoms with Gasteiger partial charge in [-0.25, -0.2) is 19.4 Å². The number of hydrogen-bond acceptors (Lipinski definition) is 12. The predicted octanol–water partition coefficient (Wildman–Crippen LogP) is 4.24. The van der Waals surface area contributed by atoms with Crippen LogP contribution in [0.5, 0.6) is 11.5 Å². The van der Waals surface area contributed by atoms with Crippen molar-refractivity contribution in [1.29, 1.82) is 0 Å². The van der Waals surface area contributed by atoms with Gasteiger partial charge in [0.05, 0.1) is 44.5 Å². The second-order valence-electron chi connectivity index (χ2n) is 15.2. The number of methoxy groups -OCH3 is 2. The van der Waals surface area contributed by atoms with Crippen LogP contribution in [0.1, 0.15) is 73.3 Å². The number of ether oxygens (including phenoxy) is 6. The average molecular weight is 752 g/mol. The molecule has 3 rings (SSSR count). The molecule has 15 nitrogen and oxygen atoms in total. The van der Waals surface area contributed by atoms with Crippen molar-refractivity contribution in [2.45, 2.75) is 92.5 Å². The van der Waals surface area contributed by atoms with Crippen LogP contribution < -0.4 is 20.5 Å². The van der Waals surface area contributed by atoms with E-state index < -0.39 is 53.6 Å². The molecule has 0 aliphatic carbocycles. The number of nitrogens with one attached hydrogen (secondary N) is 1. The SMILES string of the molecule is COCCCOc1cc(C[C@@H](C[C@H]2[C@H](C[C@H](C(=O)NCC(C)(C)C(N)=O)C(C)C)OC(C)N2C(=O)OOC(=O)C2COCOC2)C(C)C)ccc1OC. The van der Waals surface area contributed by atoms with Crippen LogP contribution in [0.15, 0.2) is 18.2 Å². The van der Waals surface area contributed by atoms with E-state index in [1.54, 1.807) is 35.0 Å². The van der Waals surface area contributed by atoms with Crippen LogP contribution in [-0.2, 0) is 49.5 Å². The molecule has 53 heavy (non-hydrogen) atoms. The second kappa shape index (κ2) is 20.7. The van der Waals surface area contributed by atoms with E-state index in [1.165, 1.54) is 4.90 Å². The van der Waals surface area contributed by atoms with Crippen molar-refractivity contribution in [2.24, 2.45) is 40.7 Å². The van der Waals surface area contributed by atoms with Gasteiger partial charge in [0, 0.05) is 32.6 Å². The smallest absolute Gasteiger partial charge is 0.455 e. The second-order valence-corrected chi connectivity index (χ2v) is 15.2. The number of nitrogens with two attached hydrogens (primary N) is 1. The molecule has 2 saturated heterocycles. The Hall–Kier alpha value is -3.66. The Morgan fingerprint density at radius 2 is 1.68 bits per heavy atom. The van der Waals surface area contributed by atoms with Gasteiger partial charge in [-0.15, -0.1) is 0 Å². The van der Waals surface area contributed by atoms with Gasteiger partial charge in [0.15, 0.2) is 11.5 Å². The molecule has 1 aromatic rings. The van der Waals surface area contributed by atoms with Crippen molar-refractivity contribution in [2.75, 3.05) is 54.0 Å². The summed E-state index contributed by atoms with van der Waals surface area (Å²) in [5.41, 5.74) is 5.63. The molecule has 0 bridgehead atoms. The quantitative estimate of drug-likeness (QED) is 0.117. The number of nitrogens with zero attached hydrogens (tertiary/aromatic N) is 1. The Morgan fingerprint density at radius 3 is 2.28 bits per heavy atom. The first-order valence-electron chi connectivity index (χ1n) is 18.5. The summed E-state index contributed by atoms with van der Waals surface area (Å²) in [6.07, 6.45) is -0.0932. The fourth-order valence-corrected chi connectivity index (χ4v) is 6.44. The molecule has 0 saturated carbocycles. The molecule has 0 radical (unpaired) electrons. The molecule has 2 fully saturated rings. The molecule has 15 heteroatoms. The van der Waals surface area contributed by atoms with Gasteiger partial charge in [0.25, 0.3) is 0 Å². The minimum Gasteiger partial charge on any atom is -0.493 e. The lowest BCUT2D eigenvalue weighted by Crippen LogP contribution is -2.47. The van der Waals surface area contributed by atoms with Crippen molar-refractivity contribution in [3.05, 3.63) is 23.8 Å². The summed E-state index contributed by atoms with van der Waals surface area (Å²) in [7, 11) is 3.25. The fourth-order valence-electron chi connectivity index (χ4n) is 6.44. The molecule has 2 aliphatic heterocycles. The molecule has 0 aromatic heterocycles. The summed E-state index contributed by atoms with van der Waals surface area (Å²) in [5.74, 6) is -1.45. The third-order valence-corrected chi connectivity index (χ3v) is 10.1. The molecule has 5 atom stereocenters. The highest BCUT2D eigenvalue weighted by molar-refractivity contribution is 5.83. The lowest BCUT2D eigenvalue weighted by Gasteiger charge is -2.33. The van der Waals surface area contributed by atoms with Crippen molar-refractivity contribution in [3.63, 3.8) is 0 Å². The van der Waals surface area contributed by atoms with Crippen LogP contribution in [-0.4, -0.2) is 101 Å². The van der Waals surface area contributed by atoms with E-state index in [4.69, 9.17) is 43.9 Å². The highest BCUT2D eigenvalue weighted by Crippen LogP contribution is 2.38. The van der Waals surface area contributed by atoms with Crippen LogP contribution in [0, 0.1) is 35.0 Å². The number of carbonyl (C=O) groups is 4. The number of benzene rings is 1. The first-order chi connectivity index (χ1) is 25.1. The number of hydrogen-bond donors (Lipinski definition) is 2. The number of carbonyl (C=O) groups excluding carboxylic acids is 4. The highest BCUT2D eigenvalue weighted by atomic mass is 17.2. The Morgan fingerprint density at radius 1 is 0.981 bits per heavy atom. The van der Waals surface area contributed by atoms with Crippen molar-refractivity contribution >= 4 is 23.9 Å². The Labute approximate surface area is 313 Å². The van der Waals surface area contributed by atoms with E-state index in [1.807, 2.05) is 32.0 Å². The summed E-state index contributed by atoms with van der Waals surface area (Å²) in [6, 6.07) is 5.30. The lowest BCUT2D eigenvalue weighted by molar-refractivity contribution is -0.251. The number of amides is 3. The summed E-state index contributed by atoms with van der Waals surface area (Å²) in [4.78, 5) is 63.5. The highest BCUT2D eigenvalue weighted by Gasteiger charge is 2.47. The fraction of sp³-hybridized carbons (Fsp3) is 0.737. The van der Waals surface area contributed by atoms with Crippen LogP contribution >= 0.6 is 0 Å². The molecular formula is C38H61N3O12. The van der Waals surface area contributed by atoms with E-state index in [0.717, 1.165) is 12.0 Å². The van der Waals surface area contributed by atoms with Crippen LogP contribution in [0.2, 0.25) is 0 Å². The van der Waals surface area contributed by atoms with Gasteiger partial charge in [0.1, 0.15) is 18.9 Å². The molecule has 3 amide bonds. The van der Waals surface area contributed by atoms with Crippen molar-refractivity contribution in [3.8, 4) is 11.5 Å². The summed E-state index contributed by atoms with van der Waals surface area (Å²) < 4.78 is 33.5. The minimum absolute atomic E-state index is 0.0308. The monoisotopic (exact) mass is 751 g/mol. The Bertz CT molecular complexity index is 1350. The van der Waals surface area contributed by atoms with Gasteiger partial charge in [-0.3, -0.25) is 14.5 Å². The van der Waals surface area contributed by atoms with Crippen LogP contribution in [0.3, 0.4) is 0 Å². The maximum Gasteiger partial charge on any atom is 0.455 e. The van der Waals surface area contributed by atoms with Gasteiger partial charge in [-0.1, -0.05) is 33.8 Å². The predicted molar refractivity (Wildman–Crippen MR) is 193 cm³/mol. The third kappa shape index (κ3) is 12.7. The zero-order valence-electron chi connectivity index (χ0n) is 32.8. The maximum atomic E-state index is 13.7. The first kappa shape index (κ1) is 43.7. The number of rotatable bonds is 19. The van der Waals surface area contributed by atoms with E-state index in [0.29, 0.717) is 37.6 Å². The molecule has 1 unspecified atom stereocenters. The average Bonchev–Trinajstić information content (AvgIpc) is 3.43. The Balaban J connectivity index is 1.88. The lowest BCUT2D eigenvalue weighted by atomic mass is 9.80. The first-order valence-corrected chi connectivity index (χ1v) is 18.5. The molecule has 2 heterocycles. The Kier molecular flexibility index (Phi) is 17.1. The van der Waals surface area contributed by atoms with E-state index >= 15 is 0 Å². The van der Waals surface area contributed by atoms with Gasteiger partial charge in [-0.05, 0) is 75.5 Å². The summed E-state index contributed by atoms with van der Waals surface area (Å²) >= 11 is 0. The molecule has 0 spiro atoms. The van der Waals surface area contributed by atoms with E-state index in [2.05, 4.69) is 19.2 Å². The molecule has 3 N–H and O–H groups in total. The largest absolute Gasteiger partial charge is 0.493 e. The summed E-state index contributed by atoms with van der Waals surface area (Å²) in [5, 5.41) is 2.90. The van der Waals surface area contributed by atoms with E-state index in [-0.39, 0.29) is 56.6 Å². The number of primary amides is 1. The van der Waals surface area contributed by atoms with Gasteiger partial charge in [-0.2, -0.15) is 0 Å². The normalized spacial score (nSPS) is 20.6. The molecule has 2 aliphatic rings. The summed E-state index contributed by atoms with van der Waals surface area (Å²) in [6.45, 7) is 14.6. The minimum atomic E-state index is -0.938. The molecule has 1 aromatic carbocycles. The topological polar surface area (TPSA) is 183 Å². The van der Waals surface area contributed by atoms with Gasteiger partial charge >= 0.3 is 12.1 Å². The van der Waals surface area contributed by atoms with Gasteiger partial charge in [0.2, 0.25) is 11.8 Å². The van der Waals surface area contributed by atoms with Gasteiger partial charge < -0.3 is 39.5 Å². The standard InChI is InChI=1S/C38H61N3O12/c1-23(2)27(15-26-11-12-31(47-9)33(16-26)50-14-10-13-46-8)17-30-32(18-29(24(3)4)34(42)40-21-38(6,7)36(39)44)51-25(5)41(30)37(45)53-52-35(43)28-19-48-22-49-20-28/h11-12,16,23-25,27-30,32H,10,13-15,17-22H2,1-9H3,(H2,39,44)(H,40,42)/t25?,27-,29-,30-,32-/m0/s1. The maximum absolute atomic E-state index is 13.7. The molecule has 300 valence electrons. The van der Waals surface area contributed by atoms with Crippen molar-refractivity contribution < 1.29 is 57.4 Å². The van der Waals surface area contributed by atoms with Crippen molar-refractivity contribution in [1.82, 2.24) is 10.2 Å². The van der Waals surface area contributed by atoms with Crippen LogP contribution in [0.4, 0.5) is 4.79 Å². The zero-order valence-corrected chi connectivity index (χ0v) is 32.8. The zero-order chi connectivity index (χ0) is 39.3. The molecular weight excluding hydrogens is 690 g/mol.